The Bertz CT molecular complexity index is 372. The molecule has 3 heteroatoms. The lowest BCUT2D eigenvalue weighted by Crippen LogP contribution is -2.37. The molecular weight excluding hydrogens is 156 g/mol. The molecule has 0 fully saturated rings. The number of thiol groups is 1. The van der Waals surface area contributed by atoms with Crippen molar-refractivity contribution < 1.29 is 0 Å². The number of hydrogen-bond donors (Lipinski definition) is 2. The van der Waals surface area contributed by atoms with Crippen LogP contribution in [0, 0.1) is 0 Å². The molecule has 1 aromatic carbocycles. The summed E-state index contributed by atoms with van der Waals surface area (Å²) < 4.78 is 1.63. The quantitative estimate of drug-likeness (QED) is 0.517. The van der Waals surface area contributed by atoms with Crippen LogP contribution in [0.5, 0.6) is 0 Å². The smallest absolute Gasteiger partial charge is 0.0415 e. The van der Waals surface area contributed by atoms with Gasteiger partial charge in [0.2, 0.25) is 0 Å². The summed E-state index contributed by atoms with van der Waals surface area (Å²) >= 11 is 4.12. The molecule has 1 aliphatic heterocycles. The molecule has 0 unspecified atom stereocenters. The third-order valence-electron chi connectivity index (χ3n) is 1.61. The summed E-state index contributed by atoms with van der Waals surface area (Å²) in [6, 6.07) is 8.13. The van der Waals surface area contributed by atoms with E-state index in [-0.39, 0.29) is 0 Å². The third kappa shape index (κ3) is 1.19. The lowest BCUT2D eigenvalue weighted by atomic mass is 10.2. The van der Waals surface area contributed by atoms with Gasteiger partial charge in [-0.1, -0.05) is 24.3 Å². The first-order valence-corrected chi connectivity index (χ1v) is 3.78. The normalized spacial score (nSPS) is 14.1. The van der Waals surface area contributed by atoms with Gasteiger partial charge in [-0.2, -0.15) is 0 Å². The molecule has 1 heterocycles. The van der Waals surface area contributed by atoms with Crippen LogP contribution in [-0.4, -0.2) is 4.41 Å². The van der Waals surface area contributed by atoms with Gasteiger partial charge in [0.15, 0.2) is 0 Å². The van der Waals surface area contributed by atoms with E-state index in [2.05, 4.69) is 30.4 Å². The Morgan fingerprint density at radius 2 is 1.91 bits per heavy atom. The maximum atomic E-state index is 4.12. The summed E-state index contributed by atoms with van der Waals surface area (Å²) in [5, 5.41) is 2.37. The Kier molecular flexibility index (Phi) is 1.51. The summed E-state index contributed by atoms with van der Waals surface area (Å²) in [4.78, 5) is 0. The van der Waals surface area contributed by atoms with E-state index < -0.39 is 0 Å². The minimum absolute atomic E-state index is 1.18. The zero-order chi connectivity index (χ0) is 7.68. The van der Waals surface area contributed by atoms with Crippen molar-refractivity contribution in [3.63, 3.8) is 0 Å². The average molecular weight is 164 g/mol. The van der Waals surface area contributed by atoms with Crippen LogP contribution in [-0.2, 0) is 0 Å². The molecule has 0 radical (unpaired) electrons. The second-order valence-corrected chi connectivity index (χ2v) is 2.81. The topological polar surface area (TPSA) is 15.3 Å². The molecule has 1 aliphatic rings. The standard InChI is InChI=1S/C8H8N2S/c11-10-6-8-4-2-1-3-7(8)5-9-10/h1-6,9,11H. The minimum atomic E-state index is 1.18. The van der Waals surface area contributed by atoms with Gasteiger partial charge in [-0.15, -0.1) is 0 Å². The van der Waals surface area contributed by atoms with E-state index in [9.17, 15) is 0 Å². The molecule has 0 aromatic heterocycles. The van der Waals surface area contributed by atoms with Crippen molar-refractivity contribution in [1.29, 1.82) is 0 Å². The van der Waals surface area contributed by atoms with Gasteiger partial charge in [-0.25, -0.2) is 4.41 Å². The summed E-state index contributed by atoms with van der Waals surface area (Å²) in [6.07, 6.45) is 3.85. The number of fused-ring (bicyclic) bond motifs is 1. The SMILES string of the molecule is SN1C=c2ccccc2=CN1. The van der Waals surface area contributed by atoms with Gasteiger partial charge in [0, 0.05) is 22.8 Å². The van der Waals surface area contributed by atoms with E-state index in [0.717, 1.165) is 0 Å². The van der Waals surface area contributed by atoms with Crippen molar-refractivity contribution in [3.8, 4) is 0 Å². The molecule has 0 saturated carbocycles. The lowest BCUT2D eigenvalue weighted by molar-refractivity contribution is 0.609. The van der Waals surface area contributed by atoms with Crippen molar-refractivity contribution in [3.05, 3.63) is 34.7 Å². The Morgan fingerprint density at radius 1 is 1.18 bits per heavy atom. The number of hydrazine groups is 1. The fourth-order valence-electron chi connectivity index (χ4n) is 1.06. The Balaban J connectivity index is 2.73. The molecule has 0 spiro atoms. The third-order valence-corrected chi connectivity index (χ3v) is 1.84. The van der Waals surface area contributed by atoms with Crippen LogP contribution >= 0.6 is 12.8 Å². The van der Waals surface area contributed by atoms with E-state index in [0.29, 0.717) is 0 Å². The fraction of sp³-hybridized carbons (Fsp3) is 0. The highest BCUT2D eigenvalue weighted by Crippen LogP contribution is 1.89. The molecular formula is C8H8N2S. The van der Waals surface area contributed by atoms with Crippen LogP contribution in [0.2, 0.25) is 0 Å². The first-order valence-electron chi connectivity index (χ1n) is 3.38. The molecule has 1 aromatic rings. The minimum Gasteiger partial charge on any atom is -0.296 e. The van der Waals surface area contributed by atoms with E-state index in [1.807, 2.05) is 24.5 Å². The van der Waals surface area contributed by atoms with E-state index in [1.165, 1.54) is 10.4 Å². The van der Waals surface area contributed by atoms with Gasteiger partial charge in [0.1, 0.15) is 0 Å². The molecule has 0 saturated heterocycles. The second kappa shape index (κ2) is 2.51. The average Bonchev–Trinajstić information content (AvgIpc) is 2.04. The lowest BCUT2D eigenvalue weighted by Gasteiger charge is -2.14. The van der Waals surface area contributed by atoms with Crippen molar-refractivity contribution in [2.45, 2.75) is 0 Å². The highest BCUT2D eigenvalue weighted by Gasteiger charge is 1.93. The molecule has 0 aliphatic carbocycles. The Labute approximate surface area is 70.3 Å². The number of hydrogen-bond acceptors (Lipinski definition) is 3. The van der Waals surface area contributed by atoms with E-state index >= 15 is 0 Å². The predicted molar refractivity (Wildman–Crippen MR) is 48.6 cm³/mol. The van der Waals surface area contributed by atoms with Crippen molar-refractivity contribution in [2.75, 3.05) is 0 Å². The molecule has 0 atom stereocenters. The highest BCUT2D eigenvalue weighted by atomic mass is 32.1. The maximum absolute atomic E-state index is 4.12. The van der Waals surface area contributed by atoms with Gasteiger partial charge in [-0.05, 0) is 12.8 Å². The zero-order valence-corrected chi connectivity index (χ0v) is 6.75. The second-order valence-electron chi connectivity index (χ2n) is 2.38. The van der Waals surface area contributed by atoms with Crippen LogP contribution in [0.4, 0.5) is 0 Å². The van der Waals surface area contributed by atoms with Crippen LogP contribution in [0.25, 0.3) is 12.4 Å². The van der Waals surface area contributed by atoms with Crippen LogP contribution < -0.4 is 15.9 Å². The van der Waals surface area contributed by atoms with Gasteiger partial charge in [0.25, 0.3) is 0 Å². The summed E-state index contributed by atoms with van der Waals surface area (Å²) in [5.74, 6) is 0. The molecule has 2 nitrogen and oxygen atoms in total. The predicted octanol–water partition coefficient (Wildman–Crippen LogP) is -0.172. The molecule has 2 rings (SSSR count). The first-order chi connectivity index (χ1) is 5.36. The van der Waals surface area contributed by atoms with Gasteiger partial charge in [-0.3, -0.25) is 5.43 Å². The van der Waals surface area contributed by atoms with E-state index in [1.54, 1.807) is 4.41 Å². The molecule has 56 valence electrons. The molecule has 0 amide bonds. The highest BCUT2D eigenvalue weighted by molar-refractivity contribution is 7.77. The van der Waals surface area contributed by atoms with Crippen LogP contribution in [0.3, 0.4) is 0 Å². The Hall–Kier alpha value is -1.09. The summed E-state index contributed by atoms with van der Waals surface area (Å²) in [5.41, 5.74) is 2.96. The number of benzene rings is 1. The number of rotatable bonds is 0. The molecule has 1 N–H and O–H groups in total. The van der Waals surface area contributed by atoms with Crippen LogP contribution in [0.15, 0.2) is 24.3 Å². The molecule has 11 heavy (non-hydrogen) atoms. The van der Waals surface area contributed by atoms with E-state index in [4.69, 9.17) is 0 Å². The van der Waals surface area contributed by atoms with Gasteiger partial charge < -0.3 is 0 Å². The number of nitrogens with zero attached hydrogens (tertiary/aromatic N) is 1. The largest absolute Gasteiger partial charge is 0.296 e. The zero-order valence-electron chi connectivity index (χ0n) is 5.86. The van der Waals surface area contributed by atoms with Crippen molar-refractivity contribution >= 4 is 25.2 Å². The van der Waals surface area contributed by atoms with Crippen LogP contribution in [0.1, 0.15) is 0 Å². The fourth-order valence-corrected chi connectivity index (χ4v) is 1.25. The van der Waals surface area contributed by atoms with Crippen molar-refractivity contribution in [1.82, 2.24) is 9.84 Å². The molecule has 0 bridgehead atoms. The first kappa shape index (κ1) is 6.61. The Morgan fingerprint density at radius 3 is 2.73 bits per heavy atom. The number of nitrogens with one attached hydrogen (secondary N) is 1. The van der Waals surface area contributed by atoms with Gasteiger partial charge in [0.05, 0.1) is 0 Å². The van der Waals surface area contributed by atoms with Gasteiger partial charge >= 0.3 is 0 Å². The maximum Gasteiger partial charge on any atom is 0.0415 e. The summed E-state index contributed by atoms with van der Waals surface area (Å²) in [6.45, 7) is 0. The monoisotopic (exact) mass is 164 g/mol. The van der Waals surface area contributed by atoms with Crippen molar-refractivity contribution in [2.24, 2.45) is 0 Å². The summed E-state index contributed by atoms with van der Waals surface area (Å²) in [7, 11) is 0.